The lowest BCUT2D eigenvalue weighted by Gasteiger charge is -2.05. The summed E-state index contributed by atoms with van der Waals surface area (Å²) in [7, 11) is 0. The summed E-state index contributed by atoms with van der Waals surface area (Å²) in [5.41, 5.74) is 4.25. The number of nitrogens with zero attached hydrogens (tertiary/aromatic N) is 1. The first-order valence-electron chi connectivity index (χ1n) is 9.13. The molecule has 0 bridgehead atoms. The normalized spacial score (nSPS) is 10.9. The molecule has 0 spiro atoms. The van der Waals surface area contributed by atoms with Crippen LogP contribution in [0.3, 0.4) is 0 Å². The topological polar surface area (TPSA) is 55.1 Å². The summed E-state index contributed by atoms with van der Waals surface area (Å²) in [6.45, 7) is 0.467. The van der Waals surface area contributed by atoms with Gasteiger partial charge in [-0.15, -0.1) is 0 Å². The van der Waals surface area contributed by atoms with E-state index in [0.29, 0.717) is 23.6 Å². The first-order chi connectivity index (χ1) is 13.7. The Morgan fingerprint density at radius 1 is 0.929 bits per heavy atom. The van der Waals surface area contributed by atoms with E-state index in [9.17, 15) is 4.79 Å². The molecule has 0 radical (unpaired) electrons. The van der Waals surface area contributed by atoms with Crippen LogP contribution in [0.15, 0.2) is 81.7 Å². The number of fused-ring (bicyclic) bond motifs is 1. The molecule has 3 aromatic carbocycles. The van der Waals surface area contributed by atoms with E-state index in [4.69, 9.17) is 4.42 Å². The number of carbonyl (C=O) groups excluding carboxylic acids is 1. The van der Waals surface area contributed by atoms with Gasteiger partial charge in [0, 0.05) is 23.0 Å². The van der Waals surface area contributed by atoms with Crippen molar-refractivity contribution in [3.63, 3.8) is 0 Å². The second-order valence-corrected chi connectivity index (χ2v) is 7.50. The van der Waals surface area contributed by atoms with Gasteiger partial charge < -0.3 is 9.73 Å². The van der Waals surface area contributed by atoms with Crippen LogP contribution >= 0.6 is 15.9 Å². The van der Waals surface area contributed by atoms with Crippen molar-refractivity contribution in [2.45, 2.75) is 19.4 Å². The number of carbonyl (C=O) groups is 1. The van der Waals surface area contributed by atoms with Crippen LogP contribution in [-0.2, 0) is 19.4 Å². The molecule has 5 heteroatoms. The Kier molecular flexibility index (Phi) is 5.53. The molecule has 0 saturated heterocycles. The zero-order chi connectivity index (χ0) is 19.3. The molecule has 28 heavy (non-hydrogen) atoms. The van der Waals surface area contributed by atoms with Gasteiger partial charge in [0.1, 0.15) is 5.52 Å². The maximum atomic E-state index is 12.5. The fourth-order valence-electron chi connectivity index (χ4n) is 3.05. The van der Waals surface area contributed by atoms with Crippen LogP contribution < -0.4 is 5.32 Å². The van der Waals surface area contributed by atoms with Gasteiger partial charge in [0.15, 0.2) is 11.5 Å². The Bertz CT molecular complexity index is 1110. The molecule has 0 atom stereocenters. The van der Waals surface area contributed by atoms with Crippen molar-refractivity contribution in [3.8, 4) is 0 Å². The van der Waals surface area contributed by atoms with Crippen molar-refractivity contribution in [3.05, 3.63) is 99.9 Å². The van der Waals surface area contributed by atoms with Crippen molar-refractivity contribution in [2.75, 3.05) is 0 Å². The summed E-state index contributed by atoms with van der Waals surface area (Å²) < 4.78 is 6.85. The number of amides is 1. The maximum Gasteiger partial charge on any atom is 0.251 e. The lowest BCUT2D eigenvalue weighted by molar-refractivity contribution is 0.0951. The number of hydrogen-bond donors (Lipinski definition) is 1. The number of oxazole rings is 1. The van der Waals surface area contributed by atoms with E-state index in [1.54, 1.807) is 12.1 Å². The van der Waals surface area contributed by atoms with E-state index in [1.165, 1.54) is 5.56 Å². The average molecular weight is 435 g/mol. The number of hydrogen-bond acceptors (Lipinski definition) is 3. The zero-order valence-corrected chi connectivity index (χ0v) is 16.8. The van der Waals surface area contributed by atoms with Gasteiger partial charge in [-0.3, -0.25) is 4.79 Å². The maximum absolute atomic E-state index is 12.5. The van der Waals surface area contributed by atoms with E-state index in [1.807, 2.05) is 48.5 Å². The summed E-state index contributed by atoms with van der Waals surface area (Å²) in [6, 6.07) is 23.5. The predicted octanol–water partition coefficient (Wildman–Crippen LogP) is 5.31. The van der Waals surface area contributed by atoms with Gasteiger partial charge in [-0.2, -0.15) is 0 Å². The van der Waals surface area contributed by atoms with Crippen LogP contribution in [0.2, 0.25) is 0 Å². The number of aromatic nitrogens is 1. The summed E-state index contributed by atoms with van der Waals surface area (Å²) >= 11 is 3.44. The van der Waals surface area contributed by atoms with Gasteiger partial charge in [0.2, 0.25) is 0 Å². The van der Waals surface area contributed by atoms with Crippen LogP contribution in [0, 0.1) is 0 Å². The minimum absolute atomic E-state index is 0.135. The Balaban J connectivity index is 1.42. The number of nitrogens with one attached hydrogen (secondary N) is 1. The molecule has 4 rings (SSSR count). The lowest BCUT2D eigenvalue weighted by Crippen LogP contribution is -2.22. The van der Waals surface area contributed by atoms with Crippen LogP contribution in [-0.4, -0.2) is 10.9 Å². The Morgan fingerprint density at radius 2 is 1.75 bits per heavy atom. The van der Waals surface area contributed by atoms with E-state index >= 15 is 0 Å². The largest absolute Gasteiger partial charge is 0.441 e. The molecule has 1 aromatic heterocycles. The van der Waals surface area contributed by atoms with Crippen molar-refractivity contribution in [1.29, 1.82) is 0 Å². The summed E-state index contributed by atoms with van der Waals surface area (Å²) in [5.74, 6) is 0.551. The smallest absolute Gasteiger partial charge is 0.251 e. The molecule has 0 saturated carbocycles. The molecule has 0 aliphatic heterocycles. The molecule has 0 aliphatic carbocycles. The zero-order valence-electron chi connectivity index (χ0n) is 15.2. The minimum atomic E-state index is -0.135. The van der Waals surface area contributed by atoms with Crippen LogP contribution in [0.1, 0.15) is 27.4 Å². The molecule has 0 fully saturated rings. The summed E-state index contributed by atoms with van der Waals surface area (Å²) in [4.78, 5) is 17.0. The number of rotatable bonds is 6. The highest BCUT2D eigenvalue weighted by molar-refractivity contribution is 9.10. The predicted molar refractivity (Wildman–Crippen MR) is 113 cm³/mol. The van der Waals surface area contributed by atoms with Crippen LogP contribution in [0.4, 0.5) is 0 Å². The first kappa shape index (κ1) is 18.4. The molecular weight excluding hydrogens is 416 g/mol. The minimum Gasteiger partial charge on any atom is -0.441 e. The Morgan fingerprint density at radius 3 is 2.57 bits per heavy atom. The second-order valence-electron chi connectivity index (χ2n) is 6.59. The van der Waals surface area contributed by atoms with Crippen molar-refractivity contribution in [1.82, 2.24) is 10.3 Å². The molecule has 1 amide bonds. The molecule has 4 aromatic rings. The van der Waals surface area contributed by atoms with E-state index in [-0.39, 0.29) is 5.91 Å². The lowest BCUT2D eigenvalue weighted by atomic mass is 10.1. The SMILES string of the molecule is O=C(NCc1cccc(Br)c1)c1ccc2nc(CCc3ccccc3)oc2c1. The molecule has 140 valence electrons. The number of aryl methyl sites for hydroxylation is 2. The molecular formula is C23H19BrN2O2. The van der Waals surface area contributed by atoms with Gasteiger partial charge >= 0.3 is 0 Å². The number of benzene rings is 3. The highest BCUT2D eigenvalue weighted by Crippen LogP contribution is 2.19. The van der Waals surface area contributed by atoms with E-state index < -0.39 is 0 Å². The van der Waals surface area contributed by atoms with Gasteiger partial charge in [-0.1, -0.05) is 58.4 Å². The van der Waals surface area contributed by atoms with Crippen molar-refractivity contribution in [2.24, 2.45) is 0 Å². The standard InChI is InChI=1S/C23H19BrN2O2/c24-19-8-4-7-17(13-19)15-25-23(27)18-10-11-20-21(14-18)28-22(26-20)12-9-16-5-2-1-3-6-16/h1-8,10-11,13-14H,9,12,15H2,(H,25,27). The van der Waals surface area contributed by atoms with E-state index in [0.717, 1.165) is 28.4 Å². The third kappa shape index (κ3) is 4.49. The third-order valence-corrected chi connectivity index (χ3v) is 5.00. The molecule has 0 unspecified atom stereocenters. The quantitative estimate of drug-likeness (QED) is 0.447. The molecule has 1 heterocycles. The molecule has 4 nitrogen and oxygen atoms in total. The number of halogens is 1. The average Bonchev–Trinajstić information content (AvgIpc) is 3.13. The van der Waals surface area contributed by atoms with Crippen LogP contribution in [0.5, 0.6) is 0 Å². The van der Waals surface area contributed by atoms with Crippen molar-refractivity contribution >= 4 is 32.9 Å². The second kappa shape index (κ2) is 8.40. The van der Waals surface area contributed by atoms with Crippen LogP contribution in [0.25, 0.3) is 11.1 Å². The molecule has 1 N–H and O–H groups in total. The Hall–Kier alpha value is -2.92. The third-order valence-electron chi connectivity index (χ3n) is 4.51. The van der Waals surface area contributed by atoms with Gasteiger partial charge in [-0.05, 0) is 47.9 Å². The summed E-state index contributed by atoms with van der Waals surface area (Å²) in [5, 5.41) is 2.94. The van der Waals surface area contributed by atoms with Gasteiger partial charge in [-0.25, -0.2) is 4.98 Å². The monoisotopic (exact) mass is 434 g/mol. The fraction of sp³-hybridized carbons (Fsp3) is 0.130. The van der Waals surface area contributed by atoms with Gasteiger partial charge in [0.25, 0.3) is 5.91 Å². The highest BCUT2D eigenvalue weighted by atomic mass is 79.9. The Labute approximate surface area is 171 Å². The van der Waals surface area contributed by atoms with Crippen molar-refractivity contribution < 1.29 is 9.21 Å². The first-order valence-corrected chi connectivity index (χ1v) is 9.93. The molecule has 0 aliphatic rings. The van der Waals surface area contributed by atoms with Gasteiger partial charge in [0.05, 0.1) is 0 Å². The summed E-state index contributed by atoms with van der Waals surface area (Å²) in [6.07, 6.45) is 1.59. The van der Waals surface area contributed by atoms with E-state index in [2.05, 4.69) is 38.4 Å². The highest BCUT2D eigenvalue weighted by Gasteiger charge is 2.11. The fourth-order valence-corrected chi connectivity index (χ4v) is 3.49.